The average molecular weight is 279 g/mol. The number of ether oxygens (including phenoxy) is 1. The molecular weight excluding hydrogens is 258 g/mol. The zero-order chi connectivity index (χ0) is 13.9. The summed E-state index contributed by atoms with van der Waals surface area (Å²) in [5.74, 6) is 0.799. The zero-order valence-corrected chi connectivity index (χ0v) is 11.8. The van der Waals surface area contributed by atoms with Crippen molar-refractivity contribution in [1.29, 1.82) is 0 Å². The van der Waals surface area contributed by atoms with E-state index in [4.69, 9.17) is 9.26 Å². The van der Waals surface area contributed by atoms with Crippen LogP contribution in [0.25, 0.3) is 0 Å². The molecule has 6 heteroatoms. The standard InChI is InChI=1S/C14H21N3O3/c1-16(8-11-2-3-11)9-12-10-17(5-7-19-12)14(18)13-4-6-20-15-13/h4,6,11-12H,2-3,5,7-10H2,1H3/t12-/m1/s1. The van der Waals surface area contributed by atoms with Crippen molar-refractivity contribution in [2.45, 2.75) is 18.9 Å². The number of amides is 1. The summed E-state index contributed by atoms with van der Waals surface area (Å²) < 4.78 is 10.5. The van der Waals surface area contributed by atoms with Gasteiger partial charge in [0, 0.05) is 32.2 Å². The summed E-state index contributed by atoms with van der Waals surface area (Å²) in [5, 5.41) is 3.71. The predicted octanol–water partition coefficient (Wildman–Crippen LogP) is 0.857. The number of likely N-dealkylation sites (N-methyl/N-ethyl adjacent to an activating group) is 1. The molecular formula is C14H21N3O3. The van der Waals surface area contributed by atoms with Gasteiger partial charge in [0.1, 0.15) is 6.26 Å². The van der Waals surface area contributed by atoms with Crippen LogP contribution in [0.4, 0.5) is 0 Å². The van der Waals surface area contributed by atoms with Crippen LogP contribution in [0.15, 0.2) is 16.9 Å². The molecule has 2 fully saturated rings. The first kappa shape index (κ1) is 13.6. The monoisotopic (exact) mass is 279 g/mol. The van der Waals surface area contributed by atoms with Gasteiger partial charge in [-0.2, -0.15) is 0 Å². The molecule has 0 N–H and O–H groups in total. The third-order valence-electron chi connectivity index (χ3n) is 3.87. The molecule has 1 saturated heterocycles. The first-order chi connectivity index (χ1) is 9.72. The van der Waals surface area contributed by atoms with Crippen molar-refractivity contribution in [2.75, 3.05) is 39.8 Å². The molecule has 0 radical (unpaired) electrons. The van der Waals surface area contributed by atoms with Gasteiger partial charge in [-0.25, -0.2) is 0 Å². The SMILES string of the molecule is CN(CC1CC1)C[C@@H]1CN(C(=O)c2ccon2)CCO1. The van der Waals surface area contributed by atoms with E-state index in [1.807, 2.05) is 0 Å². The van der Waals surface area contributed by atoms with Gasteiger partial charge in [0.2, 0.25) is 0 Å². The summed E-state index contributed by atoms with van der Waals surface area (Å²) in [6, 6.07) is 1.60. The van der Waals surface area contributed by atoms with E-state index in [0.29, 0.717) is 25.4 Å². The number of morpholine rings is 1. The Kier molecular flexibility index (Phi) is 4.03. The highest BCUT2D eigenvalue weighted by Gasteiger charge is 2.28. The largest absolute Gasteiger partial charge is 0.373 e. The van der Waals surface area contributed by atoms with Gasteiger partial charge in [-0.3, -0.25) is 4.79 Å². The lowest BCUT2D eigenvalue weighted by Crippen LogP contribution is -2.49. The molecule has 1 atom stereocenters. The maximum Gasteiger partial charge on any atom is 0.276 e. The van der Waals surface area contributed by atoms with Gasteiger partial charge in [0.25, 0.3) is 5.91 Å². The van der Waals surface area contributed by atoms with Crippen molar-refractivity contribution < 1.29 is 14.1 Å². The maximum absolute atomic E-state index is 12.2. The molecule has 2 heterocycles. The molecule has 20 heavy (non-hydrogen) atoms. The Morgan fingerprint density at radius 2 is 2.35 bits per heavy atom. The molecule has 1 aromatic rings. The topological polar surface area (TPSA) is 58.8 Å². The smallest absolute Gasteiger partial charge is 0.276 e. The first-order valence-corrected chi connectivity index (χ1v) is 7.22. The van der Waals surface area contributed by atoms with Crippen LogP contribution in [0, 0.1) is 5.92 Å². The normalized spacial score (nSPS) is 23.3. The number of carbonyl (C=O) groups is 1. The van der Waals surface area contributed by atoms with Crippen molar-refractivity contribution in [3.63, 3.8) is 0 Å². The van der Waals surface area contributed by atoms with E-state index in [-0.39, 0.29) is 12.0 Å². The summed E-state index contributed by atoms with van der Waals surface area (Å²) in [6.45, 7) is 3.84. The lowest BCUT2D eigenvalue weighted by atomic mass is 10.2. The highest BCUT2D eigenvalue weighted by Crippen LogP contribution is 2.29. The highest BCUT2D eigenvalue weighted by molar-refractivity contribution is 5.92. The number of carbonyl (C=O) groups excluding carboxylic acids is 1. The minimum Gasteiger partial charge on any atom is -0.373 e. The van der Waals surface area contributed by atoms with Gasteiger partial charge in [-0.05, 0) is 25.8 Å². The van der Waals surface area contributed by atoms with E-state index in [1.165, 1.54) is 19.1 Å². The van der Waals surface area contributed by atoms with E-state index >= 15 is 0 Å². The first-order valence-electron chi connectivity index (χ1n) is 7.22. The summed E-state index contributed by atoms with van der Waals surface area (Å²) >= 11 is 0. The molecule has 0 unspecified atom stereocenters. The fourth-order valence-electron chi connectivity index (χ4n) is 2.66. The van der Waals surface area contributed by atoms with Crippen LogP contribution in [0.1, 0.15) is 23.3 Å². The van der Waals surface area contributed by atoms with Crippen LogP contribution in [-0.4, -0.2) is 66.8 Å². The highest BCUT2D eigenvalue weighted by atomic mass is 16.5. The van der Waals surface area contributed by atoms with Crippen molar-refractivity contribution in [3.05, 3.63) is 18.0 Å². The number of nitrogens with zero attached hydrogens (tertiary/aromatic N) is 3. The van der Waals surface area contributed by atoms with Gasteiger partial charge in [-0.15, -0.1) is 0 Å². The van der Waals surface area contributed by atoms with Crippen LogP contribution in [-0.2, 0) is 4.74 Å². The molecule has 3 rings (SSSR count). The number of hydrogen-bond donors (Lipinski definition) is 0. The molecule has 0 bridgehead atoms. The molecule has 1 aliphatic heterocycles. The second-order valence-corrected chi connectivity index (χ2v) is 5.79. The lowest BCUT2D eigenvalue weighted by Gasteiger charge is -2.34. The van der Waals surface area contributed by atoms with Crippen LogP contribution in [0.5, 0.6) is 0 Å². The Morgan fingerprint density at radius 1 is 1.50 bits per heavy atom. The molecule has 2 aliphatic rings. The molecule has 1 aliphatic carbocycles. The quantitative estimate of drug-likeness (QED) is 0.800. The van der Waals surface area contributed by atoms with E-state index in [2.05, 4.69) is 17.1 Å². The zero-order valence-electron chi connectivity index (χ0n) is 11.8. The number of rotatable bonds is 5. The van der Waals surface area contributed by atoms with Crippen LogP contribution < -0.4 is 0 Å². The van der Waals surface area contributed by atoms with Crippen molar-refractivity contribution in [1.82, 2.24) is 15.0 Å². The van der Waals surface area contributed by atoms with E-state index in [1.54, 1.807) is 11.0 Å². The number of hydrogen-bond acceptors (Lipinski definition) is 5. The Balaban J connectivity index is 1.51. The van der Waals surface area contributed by atoms with Crippen molar-refractivity contribution in [3.8, 4) is 0 Å². The third kappa shape index (κ3) is 3.37. The summed E-state index contributed by atoms with van der Waals surface area (Å²) in [7, 11) is 2.13. The molecule has 1 amide bonds. The van der Waals surface area contributed by atoms with Gasteiger partial charge in [0.05, 0.1) is 12.7 Å². The van der Waals surface area contributed by atoms with Crippen LogP contribution in [0.3, 0.4) is 0 Å². The summed E-state index contributed by atoms with van der Waals surface area (Å²) in [5.41, 5.74) is 0.372. The minimum atomic E-state index is -0.0723. The van der Waals surface area contributed by atoms with Crippen LogP contribution in [0.2, 0.25) is 0 Å². The Bertz CT molecular complexity index is 445. The molecule has 110 valence electrons. The maximum atomic E-state index is 12.2. The fraction of sp³-hybridized carbons (Fsp3) is 0.714. The number of aromatic nitrogens is 1. The second-order valence-electron chi connectivity index (χ2n) is 5.79. The Morgan fingerprint density at radius 3 is 3.05 bits per heavy atom. The van der Waals surface area contributed by atoms with Gasteiger partial charge in [0.15, 0.2) is 5.69 Å². The average Bonchev–Trinajstić information content (AvgIpc) is 3.08. The predicted molar refractivity (Wildman–Crippen MR) is 72.4 cm³/mol. The summed E-state index contributed by atoms with van der Waals surface area (Å²) in [6.07, 6.45) is 4.22. The Hall–Kier alpha value is -1.40. The van der Waals surface area contributed by atoms with Crippen molar-refractivity contribution >= 4 is 5.91 Å². The van der Waals surface area contributed by atoms with Crippen molar-refractivity contribution in [2.24, 2.45) is 5.92 Å². The van der Waals surface area contributed by atoms with E-state index in [9.17, 15) is 4.79 Å². The molecule has 1 saturated carbocycles. The van der Waals surface area contributed by atoms with E-state index in [0.717, 1.165) is 19.0 Å². The molecule has 0 spiro atoms. The minimum absolute atomic E-state index is 0.0723. The van der Waals surface area contributed by atoms with Gasteiger partial charge >= 0.3 is 0 Å². The van der Waals surface area contributed by atoms with Gasteiger partial charge < -0.3 is 19.1 Å². The second kappa shape index (κ2) is 5.93. The summed E-state index contributed by atoms with van der Waals surface area (Å²) in [4.78, 5) is 16.3. The van der Waals surface area contributed by atoms with Crippen LogP contribution >= 0.6 is 0 Å². The molecule has 6 nitrogen and oxygen atoms in total. The molecule has 1 aromatic heterocycles. The van der Waals surface area contributed by atoms with Gasteiger partial charge in [-0.1, -0.05) is 5.16 Å². The third-order valence-corrected chi connectivity index (χ3v) is 3.87. The molecule has 0 aromatic carbocycles. The fourth-order valence-corrected chi connectivity index (χ4v) is 2.66. The van der Waals surface area contributed by atoms with E-state index < -0.39 is 0 Å². The Labute approximate surface area is 118 Å². The lowest BCUT2D eigenvalue weighted by molar-refractivity contribution is -0.0336.